The fourth-order valence-corrected chi connectivity index (χ4v) is 3.06. The molecular weight excluding hydrogens is 294 g/mol. The van der Waals surface area contributed by atoms with E-state index in [-0.39, 0.29) is 17.9 Å². The van der Waals surface area contributed by atoms with Crippen LogP contribution in [0.2, 0.25) is 0 Å². The maximum atomic E-state index is 12.6. The molecule has 0 radical (unpaired) electrons. The zero-order valence-electron chi connectivity index (χ0n) is 13.8. The molecule has 1 N–H and O–H groups in total. The van der Waals surface area contributed by atoms with Crippen molar-refractivity contribution in [1.82, 2.24) is 4.90 Å². The Hall–Kier alpha value is -2.04. The van der Waals surface area contributed by atoms with Gasteiger partial charge in [0.1, 0.15) is 5.75 Å². The number of likely N-dealkylation sites (tertiary alicyclic amines) is 1. The number of piperidine rings is 1. The lowest BCUT2D eigenvalue weighted by atomic mass is 9.89. The van der Waals surface area contributed by atoms with E-state index in [1.807, 2.05) is 44.2 Å². The molecule has 1 unspecified atom stereocenters. The lowest BCUT2D eigenvalue weighted by Gasteiger charge is -2.38. The normalized spacial score (nSPS) is 22.4. The molecule has 3 atom stereocenters. The molecule has 0 aromatic heterocycles. The highest BCUT2D eigenvalue weighted by atomic mass is 16.5. The third-order valence-electron chi connectivity index (χ3n) is 4.57. The molecule has 1 heterocycles. The van der Waals surface area contributed by atoms with E-state index in [2.05, 4.69) is 0 Å². The third kappa shape index (κ3) is 4.47. The van der Waals surface area contributed by atoms with E-state index in [4.69, 9.17) is 4.74 Å². The van der Waals surface area contributed by atoms with Gasteiger partial charge in [-0.25, -0.2) is 0 Å². The minimum absolute atomic E-state index is 0.0279. The van der Waals surface area contributed by atoms with Crippen LogP contribution in [0, 0.1) is 11.8 Å². The lowest BCUT2D eigenvalue weighted by Crippen LogP contribution is -2.50. The van der Waals surface area contributed by atoms with Crippen LogP contribution >= 0.6 is 0 Å². The number of carbonyl (C=O) groups is 2. The maximum Gasteiger partial charge on any atom is 0.308 e. The Labute approximate surface area is 137 Å². The monoisotopic (exact) mass is 319 g/mol. The van der Waals surface area contributed by atoms with Gasteiger partial charge in [-0.05, 0) is 38.3 Å². The number of benzene rings is 1. The molecular formula is C18H25NO4. The molecule has 5 nitrogen and oxygen atoms in total. The van der Waals surface area contributed by atoms with Crippen LogP contribution in [0.4, 0.5) is 0 Å². The molecule has 0 bridgehead atoms. The van der Waals surface area contributed by atoms with Gasteiger partial charge in [-0.1, -0.05) is 25.1 Å². The predicted molar refractivity (Wildman–Crippen MR) is 87.3 cm³/mol. The first-order valence-corrected chi connectivity index (χ1v) is 8.22. The molecule has 5 heteroatoms. The Balaban J connectivity index is 1.85. The van der Waals surface area contributed by atoms with Gasteiger partial charge in [-0.15, -0.1) is 0 Å². The number of amides is 1. The van der Waals surface area contributed by atoms with E-state index in [1.54, 1.807) is 4.90 Å². The van der Waals surface area contributed by atoms with Crippen LogP contribution in [0.3, 0.4) is 0 Å². The topological polar surface area (TPSA) is 66.8 Å². The van der Waals surface area contributed by atoms with Gasteiger partial charge in [0.25, 0.3) is 0 Å². The first-order valence-electron chi connectivity index (χ1n) is 8.22. The van der Waals surface area contributed by atoms with Crippen LogP contribution in [0.5, 0.6) is 5.75 Å². The highest BCUT2D eigenvalue weighted by Crippen LogP contribution is 2.25. The summed E-state index contributed by atoms with van der Waals surface area (Å²) < 4.78 is 5.64. The molecule has 23 heavy (non-hydrogen) atoms. The molecule has 1 fully saturated rings. The van der Waals surface area contributed by atoms with Crippen LogP contribution in [0.15, 0.2) is 30.3 Å². The van der Waals surface area contributed by atoms with Crippen molar-refractivity contribution in [2.24, 2.45) is 11.8 Å². The van der Waals surface area contributed by atoms with Gasteiger partial charge in [0.05, 0.1) is 12.5 Å². The molecule has 126 valence electrons. The van der Waals surface area contributed by atoms with Crippen molar-refractivity contribution >= 4 is 11.9 Å². The Bertz CT molecular complexity index is 531. The standard InChI is InChI=1S/C18H25NO4/c1-13(10-12-23-15-7-4-3-5-8-15)17(20)19-11-6-9-16(14(19)2)18(21)22/h3-5,7-8,13-14,16H,6,9-12H2,1-2H3,(H,21,22)/t13?,14-,16-/m0/s1. The van der Waals surface area contributed by atoms with E-state index >= 15 is 0 Å². The van der Waals surface area contributed by atoms with Gasteiger partial charge in [0, 0.05) is 18.5 Å². The predicted octanol–water partition coefficient (Wildman–Crippen LogP) is 2.80. The van der Waals surface area contributed by atoms with Crippen molar-refractivity contribution in [3.8, 4) is 5.75 Å². The summed E-state index contributed by atoms with van der Waals surface area (Å²) in [6.45, 7) is 4.84. The number of carboxylic acids is 1. The summed E-state index contributed by atoms with van der Waals surface area (Å²) in [6.07, 6.45) is 2.01. The smallest absolute Gasteiger partial charge is 0.308 e. The lowest BCUT2D eigenvalue weighted by molar-refractivity contribution is -0.150. The number of hydrogen-bond acceptors (Lipinski definition) is 3. The Morgan fingerprint density at radius 2 is 2.04 bits per heavy atom. The van der Waals surface area contributed by atoms with E-state index < -0.39 is 11.9 Å². The second kappa shape index (κ2) is 7.99. The van der Waals surface area contributed by atoms with Gasteiger partial charge in [-0.2, -0.15) is 0 Å². The molecule has 0 aliphatic carbocycles. The summed E-state index contributed by atoms with van der Waals surface area (Å²) in [4.78, 5) is 25.6. The second-order valence-corrected chi connectivity index (χ2v) is 6.21. The van der Waals surface area contributed by atoms with E-state index in [1.165, 1.54) is 0 Å². The number of carbonyl (C=O) groups excluding carboxylic acids is 1. The van der Waals surface area contributed by atoms with E-state index in [0.29, 0.717) is 26.0 Å². The van der Waals surface area contributed by atoms with Crippen molar-refractivity contribution in [2.45, 2.75) is 39.2 Å². The van der Waals surface area contributed by atoms with Gasteiger partial charge in [-0.3, -0.25) is 9.59 Å². The average molecular weight is 319 g/mol. The van der Waals surface area contributed by atoms with Gasteiger partial charge < -0.3 is 14.7 Å². The fourth-order valence-electron chi connectivity index (χ4n) is 3.06. The van der Waals surface area contributed by atoms with Crippen molar-refractivity contribution in [1.29, 1.82) is 0 Å². The molecule has 1 amide bonds. The summed E-state index contributed by atoms with van der Waals surface area (Å²) in [7, 11) is 0. The van der Waals surface area contributed by atoms with Crippen LogP contribution in [0.25, 0.3) is 0 Å². The first kappa shape index (κ1) is 17.3. The summed E-state index contributed by atoms with van der Waals surface area (Å²) in [5, 5.41) is 9.26. The van der Waals surface area contributed by atoms with E-state index in [9.17, 15) is 14.7 Å². The molecule has 1 saturated heterocycles. The number of rotatable bonds is 6. The van der Waals surface area contributed by atoms with Gasteiger partial charge in [0.2, 0.25) is 5.91 Å². The zero-order chi connectivity index (χ0) is 16.8. The first-order chi connectivity index (χ1) is 11.0. The summed E-state index contributed by atoms with van der Waals surface area (Å²) >= 11 is 0. The maximum absolute atomic E-state index is 12.6. The largest absolute Gasteiger partial charge is 0.494 e. The third-order valence-corrected chi connectivity index (χ3v) is 4.57. The number of ether oxygens (including phenoxy) is 1. The molecule has 1 aliphatic heterocycles. The number of carboxylic acid groups (broad SMARTS) is 1. The highest BCUT2D eigenvalue weighted by molar-refractivity contribution is 5.80. The van der Waals surface area contributed by atoms with Crippen LogP contribution in [-0.4, -0.2) is 41.1 Å². The van der Waals surface area contributed by atoms with Crippen LogP contribution < -0.4 is 4.74 Å². The van der Waals surface area contributed by atoms with Gasteiger partial charge in [0.15, 0.2) is 0 Å². The molecule has 0 saturated carbocycles. The minimum Gasteiger partial charge on any atom is -0.494 e. The molecule has 1 aromatic carbocycles. The second-order valence-electron chi connectivity index (χ2n) is 6.21. The highest BCUT2D eigenvalue weighted by Gasteiger charge is 2.36. The number of nitrogens with zero attached hydrogens (tertiary/aromatic N) is 1. The van der Waals surface area contributed by atoms with Crippen molar-refractivity contribution in [3.05, 3.63) is 30.3 Å². The summed E-state index contributed by atoms with van der Waals surface area (Å²) in [6, 6.07) is 9.27. The minimum atomic E-state index is -0.810. The molecule has 0 spiro atoms. The zero-order valence-corrected chi connectivity index (χ0v) is 13.8. The summed E-state index contributed by atoms with van der Waals surface area (Å²) in [5.74, 6) is -0.617. The van der Waals surface area contributed by atoms with Crippen molar-refractivity contribution < 1.29 is 19.4 Å². The Morgan fingerprint density at radius 3 is 2.70 bits per heavy atom. The van der Waals surface area contributed by atoms with Crippen LogP contribution in [-0.2, 0) is 9.59 Å². The molecule has 1 aromatic rings. The number of hydrogen-bond donors (Lipinski definition) is 1. The number of aliphatic carboxylic acids is 1. The van der Waals surface area contributed by atoms with Gasteiger partial charge >= 0.3 is 5.97 Å². The molecule has 2 rings (SSSR count). The number of para-hydroxylation sites is 1. The fraction of sp³-hybridized carbons (Fsp3) is 0.556. The quantitative estimate of drug-likeness (QED) is 0.875. The molecule has 1 aliphatic rings. The Kier molecular flexibility index (Phi) is 6.02. The van der Waals surface area contributed by atoms with E-state index in [0.717, 1.165) is 12.2 Å². The SMILES string of the molecule is CC(CCOc1ccccc1)C(=O)N1CCC[C@H](C(=O)O)[C@@H]1C. The van der Waals surface area contributed by atoms with Crippen molar-refractivity contribution in [2.75, 3.05) is 13.2 Å². The Morgan fingerprint density at radius 1 is 1.35 bits per heavy atom. The average Bonchev–Trinajstić information content (AvgIpc) is 2.55. The van der Waals surface area contributed by atoms with Crippen molar-refractivity contribution in [3.63, 3.8) is 0 Å². The van der Waals surface area contributed by atoms with Crippen LogP contribution in [0.1, 0.15) is 33.1 Å². The summed E-state index contributed by atoms with van der Waals surface area (Å²) in [5.41, 5.74) is 0.